The number of carbonyl (C=O) groups is 1. The summed E-state index contributed by atoms with van der Waals surface area (Å²) >= 11 is 0. The normalized spacial score (nSPS) is 27.7. The lowest BCUT2D eigenvalue weighted by molar-refractivity contribution is -0.137. The van der Waals surface area contributed by atoms with Crippen LogP contribution in [0.4, 0.5) is 0 Å². The molecule has 2 N–H and O–H groups in total. The largest absolute Gasteiger partial charge is 0.396 e. The number of carbonyl (C=O) groups excluding carboxylic acids is 1. The number of aliphatic hydroxyl groups is 1. The number of amides is 1. The van der Waals surface area contributed by atoms with Crippen LogP contribution in [0.1, 0.15) is 46.0 Å². The lowest BCUT2D eigenvalue weighted by Crippen LogP contribution is -2.53. The van der Waals surface area contributed by atoms with Crippen LogP contribution in [0.25, 0.3) is 0 Å². The molecular formula is C16H30N2O2. The molecular weight excluding hydrogens is 252 g/mol. The van der Waals surface area contributed by atoms with Gasteiger partial charge in [-0.1, -0.05) is 20.3 Å². The molecule has 1 saturated heterocycles. The third-order valence-corrected chi connectivity index (χ3v) is 4.80. The number of hydrogen-bond donors (Lipinski definition) is 2. The van der Waals surface area contributed by atoms with E-state index < -0.39 is 0 Å². The number of likely N-dealkylation sites (tertiary alicyclic amines) is 1. The number of aliphatic hydroxyl groups excluding tert-OH is 1. The molecule has 2 fully saturated rings. The van der Waals surface area contributed by atoms with Crippen molar-refractivity contribution in [3.05, 3.63) is 0 Å². The Labute approximate surface area is 122 Å². The molecule has 2 aliphatic rings. The van der Waals surface area contributed by atoms with E-state index in [1.54, 1.807) is 0 Å². The van der Waals surface area contributed by atoms with Crippen molar-refractivity contribution in [2.75, 3.05) is 26.2 Å². The fraction of sp³-hybridized carbons (Fsp3) is 0.938. The van der Waals surface area contributed by atoms with E-state index in [0.29, 0.717) is 12.0 Å². The van der Waals surface area contributed by atoms with Crippen LogP contribution < -0.4 is 5.32 Å². The molecule has 4 heteroatoms. The van der Waals surface area contributed by atoms with Gasteiger partial charge in [-0.2, -0.15) is 0 Å². The van der Waals surface area contributed by atoms with Crippen LogP contribution in [-0.4, -0.2) is 48.2 Å². The average Bonchev–Trinajstić information content (AvgIpc) is 2.36. The molecule has 0 bridgehead atoms. The third-order valence-electron chi connectivity index (χ3n) is 4.80. The molecule has 1 amide bonds. The highest BCUT2D eigenvalue weighted by Gasteiger charge is 2.31. The summed E-state index contributed by atoms with van der Waals surface area (Å²) in [5, 5.41) is 12.8. The van der Waals surface area contributed by atoms with Gasteiger partial charge >= 0.3 is 0 Å². The molecule has 1 aliphatic heterocycles. The third kappa shape index (κ3) is 4.19. The summed E-state index contributed by atoms with van der Waals surface area (Å²) in [5.74, 6) is 1.61. The van der Waals surface area contributed by atoms with Crippen molar-refractivity contribution in [2.24, 2.45) is 17.8 Å². The highest BCUT2D eigenvalue weighted by atomic mass is 16.3. The van der Waals surface area contributed by atoms with Gasteiger partial charge in [0.25, 0.3) is 0 Å². The van der Waals surface area contributed by atoms with Gasteiger partial charge in [0.05, 0.1) is 0 Å². The van der Waals surface area contributed by atoms with E-state index in [2.05, 4.69) is 5.32 Å². The van der Waals surface area contributed by atoms with E-state index >= 15 is 0 Å². The highest BCUT2D eigenvalue weighted by molar-refractivity contribution is 5.78. The Balaban J connectivity index is 1.87. The van der Waals surface area contributed by atoms with Gasteiger partial charge in [-0.15, -0.1) is 0 Å². The van der Waals surface area contributed by atoms with Crippen molar-refractivity contribution in [2.45, 2.75) is 52.0 Å². The van der Waals surface area contributed by atoms with Crippen molar-refractivity contribution >= 4 is 5.91 Å². The summed E-state index contributed by atoms with van der Waals surface area (Å²) in [4.78, 5) is 14.2. The maximum atomic E-state index is 12.2. The maximum absolute atomic E-state index is 12.2. The molecule has 1 saturated carbocycles. The minimum absolute atomic E-state index is 0.0650. The van der Waals surface area contributed by atoms with Crippen LogP contribution >= 0.6 is 0 Å². The Bertz CT molecular complexity index is 316. The van der Waals surface area contributed by atoms with Crippen LogP contribution in [0.2, 0.25) is 0 Å². The molecule has 0 spiro atoms. The predicted octanol–water partition coefficient (Wildman–Crippen LogP) is 1.63. The molecule has 2 unspecified atom stereocenters. The van der Waals surface area contributed by atoms with Gasteiger partial charge in [-0.3, -0.25) is 4.79 Å². The zero-order valence-corrected chi connectivity index (χ0v) is 13.0. The van der Waals surface area contributed by atoms with Gasteiger partial charge in [-0.25, -0.2) is 0 Å². The second kappa shape index (κ2) is 7.41. The Kier molecular flexibility index (Phi) is 5.85. The SMILES string of the molecule is CC(C)C(=O)N1CC(CCO)CC(NCC2CCC2)C1. The first-order valence-electron chi connectivity index (χ1n) is 8.23. The van der Waals surface area contributed by atoms with Crippen LogP contribution in [0.15, 0.2) is 0 Å². The number of hydrogen-bond acceptors (Lipinski definition) is 3. The van der Waals surface area contributed by atoms with Crippen molar-refractivity contribution in [3.63, 3.8) is 0 Å². The molecule has 4 nitrogen and oxygen atoms in total. The first-order chi connectivity index (χ1) is 9.60. The summed E-state index contributed by atoms with van der Waals surface area (Å²) in [5.41, 5.74) is 0. The number of piperidine rings is 1. The second-order valence-corrected chi connectivity index (χ2v) is 6.91. The van der Waals surface area contributed by atoms with E-state index in [-0.39, 0.29) is 18.4 Å². The molecule has 0 radical (unpaired) electrons. The van der Waals surface area contributed by atoms with Crippen molar-refractivity contribution < 1.29 is 9.90 Å². The molecule has 0 aromatic rings. The highest BCUT2D eigenvalue weighted by Crippen LogP contribution is 2.26. The molecule has 0 aromatic carbocycles. The summed E-state index contributed by atoms with van der Waals surface area (Å²) in [6, 6.07) is 0.406. The first kappa shape index (κ1) is 15.8. The molecule has 1 aliphatic carbocycles. The summed E-state index contributed by atoms with van der Waals surface area (Å²) in [7, 11) is 0. The smallest absolute Gasteiger partial charge is 0.225 e. The van der Waals surface area contributed by atoms with Gasteiger partial charge in [0.1, 0.15) is 0 Å². The van der Waals surface area contributed by atoms with E-state index in [1.165, 1.54) is 19.3 Å². The number of nitrogens with one attached hydrogen (secondary N) is 1. The topological polar surface area (TPSA) is 52.6 Å². The minimum atomic E-state index is 0.0650. The zero-order chi connectivity index (χ0) is 14.5. The van der Waals surface area contributed by atoms with Crippen LogP contribution in [-0.2, 0) is 4.79 Å². The quantitative estimate of drug-likeness (QED) is 0.778. The van der Waals surface area contributed by atoms with Crippen LogP contribution in [0, 0.1) is 17.8 Å². The summed E-state index contributed by atoms with van der Waals surface area (Å²) in [6.07, 6.45) is 5.99. The van der Waals surface area contributed by atoms with Crippen LogP contribution in [0.3, 0.4) is 0 Å². The number of rotatable bonds is 6. The van der Waals surface area contributed by atoms with Crippen molar-refractivity contribution in [1.29, 1.82) is 0 Å². The Morgan fingerprint density at radius 3 is 2.60 bits per heavy atom. The lowest BCUT2D eigenvalue weighted by atomic mass is 9.84. The molecule has 1 heterocycles. The number of nitrogens with zero attached hydrogens (tertiary/aromatic N) is 1. The monoisotopic (exact) mass is 282 g/mol. The fourth-order valence-corrected chi connectivity index (χ4v) is 3.32. The van der Waals surface area contributed by atoms with E-state index in [4.69, 9.17) is 0 Å². The zero-order valence-electron chi connectivity index (χ0n) is 13.0. The molecule has 2 rings (SSSR count). The average molecular weight is 282 g/mol. The van der Waals surface area contributed by atoms with Gasteiger partial charge in [0.2, 0.25) is 5.91 Å². The van der Waals surface area contributed by atoms with Crippen molar-refractivity contribution in [1.82, 2.24) is 10.2 Å². The molecule has 20 heavy (non-hydrogen) atoms. The minimum Gasteiger partial charge on any atom is -0.396 e. The van der Waals surface area contributed by atoms with E-state index in [1.807, 2.05) is 18.7 Å². The standard InChI is InChI=1S/C16H30N2O2/c1-12(2)16(20)18-10-14(6-7-19)8-15(11-18)17-9-13-4-3-5-13/h12-15,17,19H,3-11H2,1-2H3. The second-order valence-electron chi connectivity index (χ2n) is 6.91. The van der Waals surface area contributed by atoms with Crippen molar-refractivity contribution in [3.8, 4) is 0 Å². The summed E-state index contributed by atoms with van der Waals surface area (Å²) < 4.78 is 0. The van der Waals surface area contributed by atoms with Gasteiger partial charge in [0, 0.05) is 31.7 Å². The maximum Gasteiger partial charge on any atom is 0.225 e. The van der Waals surface area contributed by atoms with Gasteiger partial charge in [-0.05, 0) is 44.1 Å². The Morgan fingerprint density at radius 2 is 2.05 bits per heavy atom. The van der Waals surface area contributed by atoms with E-state index in [9.17, 15) is 9.90 Å². The van der Waals surface area contributed by atoms with Gasteiger partial charge < -0.3 is 15.3 Å². The van der Waals surface area contributed by atoms with Crippen LogP contribution in [0.5, 0.6) is 0 Å². The molecule has 116 valence electrons. The summed E-state index contributed by atoms with van der Waals surface area (Å²) in [6.45, 7) is 6.92. The van der Waals surface area contributed by atoms with Gasteiger partial charge in [0.15, 0.2) is 0 Å². The Morgan fingerprint density at radius 1 is 1.30 bits per heavy atom. The Hall–Kier alpha value is -0.610. The van der Waals surface area contributed by atoms with E-state index in [0.717, 1.165) is 38.4 Å². The molecule has 0 aromatic heterocycles. The predicted molar refractivity (Wildman–Crippen MR) is 80.4 cm³/mol. The fourth-order valence-electron chi connectivity index (χ4n) is 3.32. The first-order valence-corrected chi connectivity index (χ1v) is 8.23. The lowest BCUT2D eigenvalue weighted by Gasteiger charge is -2.40. The molecule has 2 atom stereocenters.